The van der Waals surface area contributed by atoms with E-state index in [1.165, 1.54) is 18.7 Å². The number of hydrogen-bond donors (Lipinski definition) is 2. The molecule has 0 amide bonds. The molecule has 0 aliphatic carbocycles. The van der Waals surface area contributed by atoms with Crippen molar-refractivity contribution in [2.24, 2.45) is 0 Å². The van der Waals surface area contributed by atoms with Crippen molar-refractivity contribution in [3.63, 3.8) is 0 Å². The normalized spacial score (nSPS) is 11.6. The van der Waals surface area contributed by atoms with E-state index < -0.39 is 10.0 Å². The van der Waals surface area contributed by atoms with Gasteiger partial charge in [0.15, 0.2) is 0 Å². The van der Waals surface area contributed by atoms with Crippen molar-refractivity contribution in [1.29, 1.82) is 0 Å². The van der Waals surface area contributed by atoms with Gasteiger partial charge in [-0.1, -0.05) is 6.07 Å². The van der Waals surface area contributed by atoms with Crippen LogP contribution in [0.3, 0.4) is 0 Å². The quantitative estimate of drug-likeness (QED) is 0.845. The predicted octanol–water partition coefficient (Wildman–Crippen LogP) is 3.18. The maximum absolute atomic E-state index is 11.6. The van der Waals surface area contributed by atoms with Gasteiger partial charge in [0.25, 0.3) is 10.0 Å². The molecule has 7 heteroatoms. The fraction of sp³-hybridized carbons (Fsp3) is 0.286. The summed E-state index contributed by atoms with van der Waals surface area (Å²) in [5, 5.41) is 3.17. The molecule has 2 N–H and O–H groups in total. The van der Waals surface area contributed by atoms with Crippen molar-refractivity contribution in [2.45, 2.75) is 25.5 Å². The second kappa shape index (κ2) is 6.21. The Bertz CT molecular complexity index is 730. The van der Waals surface area contributed by atoms with Gasteiger partial charge >= 0.3 is 0 Å². The molecule has 0 saturated heterocycles. The SMILES string of the molecule is CNS(=O)(=O)c1ccc(CNc2c(C)cc(C)cc2Br)o1. The summed E-state index contributed by atoms with van der Waals surface area (Å²) in [6, 6.07) is 7.19. The molecule has 114 valence electrons. The zero-order valence-electron chi connectivity index (χ0n) is 12.0. The fourth-order valence-electron chi connectivity index (χ4n) is 2.01. The third-order valence-electron chi connectivity index (χ3n) is 3.04. The van der Waals surface area contributed by atoms with Gasteiger partial charge in [-0.15, -0.1) is 0 Å². The number of hydrogen-bond acceptors (Lipinski definition) is 4. The largest absolute Gasteiger partial charge is 0.446 e. The van der Waals surface area contributed by atoms with Crippen molar-refractivity contribution in [3.05, 3.63) is 45.6 Å². The lowest BCUT2D eigenvalue weighted by Crippen LogP contribution is -2.17. The highest BCUT2D eigenvalue weighted by molar-refractivity contribution is 9.10. The number of nitrogens with one attached hydrogen (secondary N) is 2. The standard InChI is InChI=1S/C14H17BrN2O3S/c1-9-6-10(2)14(12(15)7-9)17-8-11-4-5-13(20-11)21(18,19)16-3/h4-7,16-17H,8H2,1-3H3. The topological polar surface area (TPSA) is 71.3 Å². The van der Waals surface area contributed by atoms with Gasteiger partial charge in [-0.05, 0) is 66.2 Å². The number of benzene rings is 1. The van der Waals surface area contributed by atoms with Gasteiger partial charge in [0.05, 0.1) is 12.2 Å². The van der Waals surface area contributed by atoms with E-state index in [-0.39, 0.29) is 5.09 Å². The molecule has 1 aromatic carbocycles. The minimum absolute atomic E-state index is 0.0820. The molecule has 0 atom stereocenters. The van der Waals surface area contributed by atoms with E-state index in [2.05, 4.69) is 32.0 Å². The van der Waals surface area contributed by atoms with Crippen molar-refractivity contribution < 1.29 is 12.8 Å². The molecule has 0 spiro atoms. The molecule has 1 aromatic heterocycles. The second-order valence-electron chi connectivity index (χ2n) is 4.72. The van der Waals surface area contributed by atoms with Crippen molar-refractivity contribution in [2.75, 3.05) is 12.4 Å². The molecule has 0 bridgehead atoms. The first-order valence-corrected chi connectivity index (χ1v) is 8.64. The van der Waals surface area contributed by atoms with Crippen molar-refractivity contribution >= 4 is 31.6 Å². The van der Waals surface area contributed by atoms with Gasteiger partial charge in [-0.25, -0.2) is 13.1 Å². The lowest BCUT2D eigenvalue weighted by Gasteiger charge is -2.11. The zero-order chi connectivity index (χ0) is 15.6. The smallest absolute Gasteiger partial charge is 0.273 e. The summed E-state index contributed by atoms with van der Waals surface area (Å²) >= 11 is 3.52. The lowest BCUT2D eigenvalue weighted by atomic mass is 10.1. The van der Waals surface area contributed by atoms with Crippen LogP contribution in [0.15, 0.2) is 38.2 Å². The van der Waals surface area contributed by atoms with Crippen LogP contribution in [-0.2, 0) is 16.6 Å². The molecule has 2 aromatic rings. The van der Waals surface area contributed by atoms with E-state index >= 15 is 0 Å². The minimum Gasteiger partial charge on any atom is -0.446 e. The number of furan rings is 1. The summed E-state index contributed by atoms with van der Waals surface area (Å²) in [5.74, 6) is 0.552. The molecule has 0 radical (unpaired) electrons. The Labute approximate surface area is 132 Å². The van der Waals surface area contributed by atoms with Gasteiger partial charge in [0.1, 0.15) is 5.76 Å². The van der Waals surface area contributed by atoms with Gasteiger partial charge in [-0.3, -0.25) is 0 Å². The molecule has 1 heterocycles. The molecule has 0 fully saturated rings. The van der Waals surface area contributed by atoms with Crippen LogP contribution < -0.4 is 10.0 Å². The summed E-state index contributed by atoms with van der Waals surface area (Å²) in [7, 11) is -2.19. The Morgan fingerprint density at radius 3 is 2.57 bits per heavy atom. The molecule has 2 rings (SSSR count). The van der Waals surface area contributed by atoms with Crippen LogP contribution in [-0.4, -0.2) is 15.5 Å². The third kappa shape index (κ3) is 3.66. The summed E-state index contributed by atoms with van der Waals surface area (Å²) in [6.07, 6.45) is 0. The maximum atomic E-state index is 11.6. The molecule has 0 unspecified atom stereocenters. The van der Waals surface area contributed by atoms with E-state index in [9.17, 15) is 8.42 Å². The predicted molar refractivity (Wildman–Crippen MR) is 85.9 cm³/mol. The van der Waals surface area contributed by atoms with Crippen LogP contribution in [0.4, 0.5) is 5.69 Å². The van der Waals surface area contributed by atoms with Crippen LogP contribution >= 0.6 is 15.9 Å². The lowest BCUT2D eigenvalue weighted by molar-refractivity contribution is 0.417. The highest BCUT2D eigenvalue weighted by Gasteiger charge is 2.16. The summed E-state index contributed by atoms with van der Waals surface area (Å²) < 4.78 is 31.7. The van der Waals surface area contributed by atoms with E-state index in [0.29, 0.717) is 12.3 Å². The average Bonchev–Trinajstić information content (AvgIpc) is 2.87. The molecule has 0 aliphatic heterocycles. The van der Waals surface area contributed by atoms with Gasteiger partial charge in [0.2, 0.25) is 5.09 Å². The zero-order valence-corrected chi connectivity index (χ0v) is 14.4. The van der Waals surface area contributed by atoms with Crippen LogP contribution in [0.1, 0.15) is 16.9 Å². The molecule has 0 aliphatic rings. The Hall–Kier alpha value is -1.31. The van der Waals surface area contributed by atoms with E-state index in [1.807, 2.05) is 19.9 Å². The van der Waals surface area contributed by atoms with Gasteiger partial charge in [-0.2, -0.15) is 0 Å². The number of anilines is 1. The molecule has 21 heavy (non-hydrogen) atoms. The maximum Gasteiger partial charge on any atom is 0.273 e. The van der Waals surface area contributed by atoms with Gasteiger partial charge in [0, 0.05) is 4.47 Å². The van der Waals surface area contributed by atoms with Crippen LogP contribution in [0.2, 0.25) is 0 Å². The summed E-state index contributed by atoms with van der Waals surface area (Å²) in [6.45, 7) is 4.45. The Balaban J connectivity index is 2.15. The Kier molecular flexibility index (Phi) is 4.75. The summed E-state index contributed by atoms with van der Waals surface area (Å²) in [5.41, 5.74) is 3.25. The van der Waals surface area contributed by atoms with Gasteiger partial charge < -0.3 is 9.73 Å². The number of sulfonamides is 1. The Morgan fingerprint density at radius 2 is 1.95 bits per heavy atom. The van der Waals surface area contributed by atoms with Crippen molar-refractivity contribution in [3.8, 4) is 0 Å². The van der Waals surface area contributed by atoms with Crippen LogP contribution in [0.25, 0.3) is 0 Å². The number of rotatable bonds is 5. The molecule has 5 nitrogen and oxygen atoms in total. The van der Waals surface area contributed by atoms with Crippen LogP contribution in [0, 0.1) is 13.8 Å². The molecule has 0 saturated carbocycles. The van der Waals surface area contributed by atoms with E-state index in [4.69, 9.17) is 4.42 Å². The van der Waals surface area contributed by atoms with E-state index in [0.717, 1.165) is 15.7 Å². The first-order valence-electron chi connectivity index (χ1n) is 6.36. The average molecular weight is 373 g/mol. The molecular formula is C14H17BrN2O3S. The Morgan fingerprint density at radius 1 is 1.24 bits per heavy atom. The first-order chi connectivity index (χ1) is 9.83. The van der Waals surface area contributed by atoms with Crippen LogP contribution in [0.5, 0.6) is 0 Å². The van der Waals surface area contributed by atoms with E-state index in [1.54, 1.807) is 6.07 Å². The minimum atomic E-state index is -3.54. The fourth-order valence-corrected chi connectivity index (χ4v) is 3.49. The number of halogens is 1. The molecular weight excluding hydrogens is 356 g/mol. The van der Waals surface area contributed by atoms with Crippen molar-refractivity contribution in [1.82, 2.24) is 4.72 Å². The number of aryl methyl sites for hydroxylation is 2. The highest BCUT2D eigenvalue weighted by atomic mass is 79.9. The summed E-state index contributed by atoms with van der Waals surface area (Å²) in [4.78, 5) is 0. The highest BCUT2D eigenvalue weighted by Crippen LogP contribution is 2.28. The monoisotopic (exact) mass is 372 g/mol. The first kappa shape index (κ1) is 16.1. The second-order valence-corrected chi connectivity index (χ2v) is 7.39. The third-order valence-corrected chi connectivity index (χ3v) is 4.95.